The number of hydrogen-bond donors (Lipinski definition) is 1. The predicted octanol–water partition coefficient (Wildman–Crippen LogP) is 2.29. The van der Waals surface area contributed by atoms with Gasteiger partial charge in [-0.25, -0.2) is 0 Å². The molecule has 0 aliphatic heterocycles. The van der Waals surface area contributed by atoms with Crippen LogP contribution in [0.4, 0.5) is 0 Å². The van der Waals surface area contributed by atoms with Crippen molar-refractivity contribution < 1.29 is 4.79 Å². The van der Waals surface area contributed by atoms with Crippen LogP contribution in [0, 0.1) is 5.92 Å². The molecule has 5 heteroatoms. The molecule has 1 fully saturated rings. The SMILES string of the molecule is Cn1nc(-c2cccnc2)cc1CNC(=O)C1CCCC1. The fraction of sp³-hybridized carbons (Fsp3) is 0.438. The Morgan fingerprint density at radius 1 is 1.43 bits per heavy atom. The van der Waals surface area contributed by atoms with Gasteiger partial charge in [0.25, 0.3) is 0 Å². The number of amides is 1. The van der Waals surface area contributed by atoms with Gasteiger partial charge in [-0.05, 0) is 31.0 Å². The van der Waals surface area contributed by atoms with E-state index >= 15 is 0 Å². The third-order valence-corrected chi connectivity index (χ3v) is 4.10. The van der Waals surface area contributed by atoms with Crippen LogP contribution in [0.2, 0.25) is 0 Å². The molecular formula is C16H20N4O. The molecule has 0 saturated heterocycles. The lowest BCUT2D eigenvalue weighted by molar-refractivity contribution is -0.125. The molecule has 0 unspecified atom stereocenters. The lowest BCUT2D eigenvalue weighted by atomic mass is 10.1. The van der Waals surface area contributed by atoms with E-state index in [0.29, 0.717) is 6.54 Å². The number of carbonyl (C=O) groups is 1. The number of pyridine rings is 1. The summed E-state index contributed by atoms with van der Waals surface area (Å²) in [5, 5.41) is 7.51. The zero-order valence-corrected chi connectivity index (χ0v) is 12.2. The summed E-state index contributed by atoms with van der Waals surface area (Å²) in [7, 11) is 1.90. The molecular weight excluding hydrogens is 264 g/mol. The van der Waals surface area contributed by atoms with E-state index in [4.69, 9.17) is 0 Å². The normalized spacial score (nSPS) is 15.3. The minimum Gasteiger partial charge on any atom is -0.350 e. The van der Waals surface area contributed by atoms with Crippen LogP contribution in [0.15, 0.2) is 30.6 Å². The monoisotopic (exact) mass is 284 g/mol. The van der Waals surface area contributed by atoms with Gasteiger partial charge < -0.3 is 5.32 Å². The lowest BCUT2D eigenvalue weighted by Gasteiger charge is -2.10. The highest BCUT2D eigenvalue weighted by Crippen LogP contribution is 2.24. The zero-order chi connectivity index (χ0) is 14.7. The molecule has 1 aliphatic carbocycles. The van der Waals surface area contributed by atoms with Gasteiger partial charge >= 0.3 is 0 Å². The predicted molar refractivity (Wildman–Crippen MR) is 80.2 cm³/mol. The zero-order valence-electron chi connectivity index (χ0n) is 12.2. The molecule has 0 spiro atoms. The van der Waals surface area contributed by atoms with Crippen molar-refractivity contribution in [2.75, 3.05) is 0 Å². The second kappa shape index (κ2) is 6.08. The average molecular weight is 284 g/mol. The number of rotatable bonds is 4. The number of aromatic nitrogens is 3. The molecule has 0 bridgehead atoms. The van der Waals surface area contributed by atoms with Crippen LogP contribution in [0.25, 0.3) is 11.3 Å². The quantitative estimate of drug-likeness (QED) is 0.937. The van der Waals surface area contributed by atoms with Crippen LogP contribution in [0.5, 0.6) is 0 Å². The number of hydrogen-bond acceptors (Lipinski definition) is 3. The fourth-order valence-electron chi connectivity index (χ4n) is 2.84. The maximum Gasteiger partial charge on any atom is 0.223 e. The van der Waals surface area contributed by atoms with Crippen LogP contribution in [-0.4, -0.2) is 20.7 Å². The maximum absolute atomic E-state index is 12.1. The largest absolute Gasteiger partial charge is 0.350 e. The number of carbonyl (C=O) groups excluding carboxylic acids is 1. The molecule has 0 atom stereocenters. The van der Waals surface area contributed by atoms with Gasteiger partial charge in [-0.15, -0.1) is 0 Å². The van der Waals surface area contributed by atoms with Crippen molar-refractivity contribution in [1.29, 1.82) is 0 Å². The van der Waals surface area contributed by atoms with Crippen LogP contribution >= 0.6 is 0 Å². The van der Waals surface area contributed by atoms with Gasteiger partial charge in [0.05, 0.1) is 17.9 Å². The average Bonchev–Trinajstić information content (AvgIpc) is 3.16. The second-order valence-corrected chi connectivity index (χ2v) is 5.59. The molecule has 21 heavy (non-hydrogen) atoms. The van der Waals surface area contributed by atoms with Gasteiger partial charge in [-0.1, -0.05) is 12.8 Å². The summed E-state index contributed by atoms with van der Waals surface area (Å²) in [6, 6.07) is 5.88. The summed E-state index contributed by atoms with van der Waals surface area (Å²) in [5.41, 5.74) is 2.87. The third-order valence-electron chi connectivity index (χ3n) is 4.10. The molecule has 0 aromatic carbocycles. The van der Waals surface area contributed by atoms with Crippen molar-refractivity contribution >= 4 is 5.91 Å². The van der Waals surface area contributed by atoms with E-state index in [1.165, 1.54) is 12.8 Å². The molecule has 1 aliphatic rings. The molecule has 2 heterocycles. The molecule has 5 nitrogen and oxygen atoms in total. The Labute approximate surface area is 124 Å². The van der Waals surface area contributed by atoms with E-state index in [0.717, 1.165) is 29.8 Å². The molecule has 3 rings (SSSR count). The van der Waals surface area contributed by atoms with Gasteiger partial charge in [0.15, 0.2) is 0 Å². The standard InChI is InChI=1S/C16H20N4O/c1-20-14(11-18-16(21)12-5-2-3-6-12)9-15(19-20)13-7-4-8-17-10-13/h4,7-10,12H,2-3,5-6,11H2,1H3,(H,18,21). The van der Waals surface area contributed by atoms with Crippen LogP contribution in [0.3, 0.4) is 0 Å². The van der Waals surface area contributed by atoms with Crippen LogP contribution in [-0.2, 0) is 18.4 Å². The molecule has 2 aromatic rings. The summed E-state index contributed by atoms with van der Waals surface area (Å²) < 4.78 is 1.82. The van der Waals surface area contributed by atoms with Crippen molar-refractivity contribution in [3.05, 3.63) is 36.3 Å². The van der Waals surface area contributed by atoms with Gasteiger partial charge in [-0.2, -0.15) is 5.10 Å². The minimum absolute atomic E-state index is 0.177. The van der Waals surface area contributed by atoms with Crippen molar-refractivity contribution in [2.24, 2.45) is 13.0 Å². The van der Waals surface area contributed by atoms with E-state index < -0.39 is 0 Å². The number of aryl methyl sites for hydroxylation is 1. The highest BCUT2D eigenvalue weighted by molar-refractivity contribution is 5.78. The smallest absolute Gasteiger partial charge is 0.223 e. The Hall–Kier alpha value is -2.17. The van der Waals surface area contributed by atoms with Crippen LogP contribution in [0.1, 0.15) is 31.4 Å². The summed E-state index contributed by atoms with van der Waals surface area (Å²) in [4.78, 5) is 16.2. The molecule has 0 radical (unpaired) electrons. The third kappa shape index (κ3) is 3.12. The summed E-state index contributed by atoms with van der Waals surface area (Å²) in [6.07, 6.45) is 7.94. The van der Waals surface area contributed by atoms with Gasteiger partial charge in [0.2, 0.25) is 5.91 Å². The van der Waals surface area contributed by atoms with Crippen molar-refractivity contribution in [3.63, 3.8) is 0 Å². The first-order valence-electron chi connectivity index (χ1n) is 7.45. The summed E-state index contributed by atoms with van der Waals surface area (Å²) in [5.74, 6) is 0.382. The van der Waals surface area contributed by atoms with E-state index in [1.807, 2.05) is 29.9 Å². The number of nitrogens with zero attached hydrogens (tertiary/aromatic N) is 3. The maximum atomic E-state index is 12.1. The topological polar surface area (TPSA) is 59.8 Å². The minimum atomic E-state index is 0.177. The van der Waals surface area contributed by atoms with Crippen molar-refractivity contribution in [3.8, 4) is 11.3 Å². The van der Waals surface area contributed by atoms with Crippen LogP contribution < -0.4 is 5.32 Å². The first-order valence-corrected chi connectivity index (χ1v) is 7.45. The summed E-state index contributed by atoms with van der Waals surface area (Å²) >= 11 is 0. The first kappa shape index (κ1) is 13.8. The van der Waals surface area contributed by atoms with E-state index in [-0.39, 0.29) is 11.8 Å². The molecule has 2 aromatic heterocycles. The Balaban J connectivity index is 1.66. The van der Waals surface area contributed by atoms with Gasteiger partial charge in [-0.3, -0.25) is 14.5 Å². The highest BCUT2D eigenvalue weighted by Gasteiger charge is 2.22. The second-order valence-electron chi connectivity index (χ2n) is 5.59. The summed E-state index contributed by atoms with van der Waals surface area (Å²) in [6.45, 7) is 0.527. The fourth-order valence-corrected chi connectivity index (χ4v) is 2.84. The Morgan fingerprint density at radius 3 is 2.95 bits per heavy atom. The van der Waals surface area contributed by atoms with E-state index in [9.17, 15) is 4.79 Å². The van der Waals surface area contributed by atoms with Gasteiger partial charge in [0, 0.05) is 30.9 Å². The number of nitrogens with one attached hydrogen (secondary N) is 1. The molecule has 1 N–H and O–H groups in total. The van der Waals surface area contributed by atoms with E-state index in [1.54, 1.807) is 12.4 Å². The van der Waals surface area contributed by atoms with Crippen molar-refractivity contribution in [1.82, 2.24) is 20.1 Å². The van der Waals surface area contributed by atoms with Gasteiger partial charge in [0.1, 0.15) is 0 Å². The molecule has 110 valence electrons. The van der Waals surface area contributed by atoms with E-state index in [2.05, 4.69) is 15.4 Å². The highest BCUT2D eigenvalue weighted by atomic mass is 16.1. The molecule has 1 amide bonds. The Morgan fingerprint density at radius 2 is 2.24 bits per heavy atom. The lowest BCUT2D eigenvalue weighted by Crippen LogP contribution is -2.29. The Kier molecular flexibility index (Phi) is 3.99. The molecule has 1 saturated carbocycles. The Bertz CT molecular complexity index is 614. The van der Waals surface area contributed by atoms with Crippen molar-refractivity contribution in [2.45, 2.75) is 32.2 Å². The first-order chi connectivity index (χ1) is 10.2.